The molecule has 2 amide bonds. The van der Waals surface area contributed by atoms with Gasteiger partial charge in [-0.3, -0.25) is 4.98 Å². The number of benzene rings is 2. The van der Waals surface area contributed by atoms with Gasteiger partial charge in [0, 0.05) is 6.20 Å². The van der Waals surface area contributed by atoms with Gasteiger partial charge in [-0.25, -0.2) is 4.79 Å². The zero-order chi connectivity index (χ0) is 16.8. The van der Waals surface area contributed by atoms with Gasteiger partial charge in [0.05, 0.1) is 22.4 Å². The predicted octanol–water partition coefficient (Wildman–Crippen LogP) is 4.65. The smallest absolute Gasteiger partial charge is 0.320 e. The molecule has 120 valence electrons. The lowest BCUT2D eigenvalue weighted by Crippen LogP contribution is -2.33. The fourth-order valence-electron chi connectivity index (χ4n) is 2.37. The number of anilines is 1. The molecule has 0 saturated carbocycles. The monoisotopic (exact) mass is 337 g/mol. The zero-order valence-corrected chi connectivity index (χ0v) is 13.6. The number of pyridine rings is 1. The first kappa shape index (κ1) is 16.0. The van der Waals surface area contributed by atoms with Crippen LogP contribution in [0.3, 0.4) is 0 Å². The number of halogens is 1. The van der Waals surface area contributed by atoms with E-state index in [9.17, 15) is 4.79 Å². The number of carbonyl (C=O) groups excluding carboxylic acids is 1. The number of hydrogen-bond donors (Lipinski definition) is 2. The molecule has 0 aliphatic carbocycles. The van der Waals surface area contributed by atoms with Crippen molar-refractivity contribution in [3.8, 4) is 0 Å². The first-order valence-electron chi connectivity index (χ1n) is 7.52. The number of urea groups is 1. The Hall–Kier alpha value is -2.85. The van der Waals surface area contributed by atoms with Gasteiger partial charge in [0.15, 0.2) is 0 Å². The number of nitrogens with zero attached hydrogens (tertiary/aromatic N) is 1. The molecular formula is C19H16ClN3O. The van der Waals surface area contributed by atoms with Crippen LogP contribution in [0.25, 0.3) is 0 Å². The SMILES string of the molecule is O=C(Nc1ccccc1Cl)NC(c1ccccc1)c1ccccn1. The van der Waals surface area contributed by atoms with Gasteiger partial charge < -0.3 is 10.6 Å². The van der Waals surface area contributed by atoms with E-state index in [2.05, 4.69) is 15.6 Å². The van der Waals surface area contributed by atoms with Gasteiger partial charge in [0.25, 0.3) is 0 Å². The summed E-state index contributed by atoms with van der Waals surface area (Å²) in [5.74, 6) is 0. The molecule has 1 aromatic heterocycles. The molecule has 0 radical (unpaired) electrons. The standard InChI is InChI=1S/C19H16ClN3O/c20-15-10-4-5-11-16(15)22-19(24)23-18(14-8-2-1-3-9-14)17-12-6-7-13-21-17/h1-13,18H,(H2,22,23,24). The molecule has 3 aromatic rings. The maximum atomic E-state index is 12.4. The molecule has 2 aromatic carbocycles. The minimum absolute atomic E-state index is 0.345. The molecule has 0 spiro atoms. The van der Waals surface area contributed by atoms with E-state index in [1.165, 1.54) is 0 Å². The molecule has 1 heterocycles. The summed E-state index contributed by atoms with van der Waals surface area (Å²) in [6, 6.07) is 21.7. The van der Waals surface area contributed by atoms with Gasteiger partial charge in [-0.05, 0) is 29.8 Å². The van der Waals surface area contributed by atoms with Crippen molar-refractivity contribution in [1.82, 2.24) is 10.3 Å². The molecule has 1 unspecified atom stereocenters. The highest BCUT2D eigenvalue weighted by atomic mass is 35.5. The fourth-order valence-corrected chi connectivity index (χ4v) is 2.56. The van der Waals surface area contributed by atoms with E-state index in [1.807, 2.05) is 60.7 Å². The molecule has 0 fully saturated rings. The van der Waals surface area contributed by atoms with Crippen molar-refractivity contribution in [2.24, 2.45) is 0 Å². The molecule has 2 N–H and O–H groups in total. The van der Waals surface area contributed by atoms with Crippen LogP contribution in [0.15, 0.2) is 79.0 Å². The molecule has 5 heteroatoms. The lowest BCUT2D eigenvalue weighted by molar-refractivity contribution is 0.250. The number of nitrogens with one attached hydrogen (secondary N) is 2. The van der Waals surface area contributed by atoms with Crippen molar-refractivity contribution in [1.29, 1.82) is 0 Å². The van der Waals surface area contributed by atoms with Crippen LogP contribution in [0.2, 0.25) is 5.02 Å². The van der Waals surface area contributed by atoms with E-state index in [-0.39, 0.29) is 12.1 Å². The Morgan fingerprint density at radius 1 is 0.917 bits per heavy atom. The Balaban J connectivity index is 1.82. The zero-order valence-electron chi connectivity index (χ0n) is 12.8. The Morgan fingerprint density at radius 3 is 2.33 bits per heavy atom. The Kier molecular flexibility index (Phi) is 5.08. The first-order valence-corrected chi connectivity index (χ1v) is 7.90. The quantitative estimate of drug-likeness (QED) is 0.728. The third-order valence-electron chi connectivity index (χ3n) is 3.51. The highest BCUT2D eigenvalue weighted by Gasteiger charge is 2.18. The summed E-state index contributed by atoms with van der Waals surface area (Å²) in [5, 5.41) is 6.21. The Morgan fingerprint density at radius 2 is 1.62 bits per heavy atom. The molecule has 24 heavy (non-hydrogen) atoms. The van der Waals surface area contributed by atoms with Crippen LogP contribution in [0.4, 0.5) is 10.5 Å². The van der Waals surface area contributed by atoms with E-state index in [0.29, 0.717) is 10.7 Å². The number of amides is 2. The summed E-state index contributed by atoms with van der Waals surface area (Å²) < 4.78 is 0. The van der Waals surface area contributed by atoms with Crippen LogP contribution in [0.1, 0.15) is 17.3 Å². The normalized spacial score (nSPS) is 11.5. The molecule has 0 aliphatic heterocycles. The number of para-hydroxylation sites is 1. The molecule has 0 aliphatic rings. The van der Waals surface area contributed by atoms with Crippen molar-refractivity contribution < 1.29 is 4.79 Å². The van der Waals surface area contributed by atoms with Crippen LogP contribution in [-0.2, 0) is 0 Å². The second kappa shape index (κ2) is 7.62. The first-order chi connectivity index (χ1) is 11.7. The third kappa shape index (κ3) is 3.91. The number of rotatable bonds is 4. The number of aromatic nitrogens is 1. The van der Waals surface area contributed by atoms with Crippen LogP contribution in [0.5, 0.6) is 0 Å². The van der Waals surface area contributed by atoms with Crippen molar-refractivity contribution in [2.75, 3.05) is 5.32 Å². The molecular weight excluding hydrogens is 322 g/mol. The highest BCUT2D eigenvalue weighted by molar-refractivity contribution is 6.33. The summed E-state index contributed by atoms with van der Waals surface area (Å²) in [4.78, 5) is 16.8. The molecule has 4 nitrogen and oxygen atoms in total. The Labute approximate surface area is 145 Å². The highest BCUT2D eigenvalue weighted by Crippen LogP contribution is 2.22. The lowest BCUT2D eigenvalue weighted by Gasteiger charge is -2.19. The second-order valence-electron chi connectivity index (χ2n) is 5.18. The van der Waals surface area contributed by atoms with Gasteiger partial charge in [-0.1, -0.05) is 60.1 Å². The predicted molar refractivity (Wildman–Crippen MR) is 96.1 cm³/mol. The third-order valence-corrected chi connectivity index (χ3v) is 3.84. The van der Waals surface area contributed by atoms with E-state index < -0.39 is 0 Å². The van der Waals surface area contributed by atoms with Crippen LogP contribution in [0, 0.1) is 0 Å². The lowest BCUT2D eigenvalue weighted by atomic mass is 10.0. The molecule has 0 bridgehead atoms. The van der Waals surface area contributed by atoms with Gasteiger partial charge in [0.2, 0.25) is 0 Å². The summed E-state index contributed by atoms with van der Waals surface area (Å²) >= 11 is 6.08. The summed E-state index contributed by atoms with van der Waals surface area (Å²) in [6.07, 6.45) is 1.71. The maximum Gasteiger partial charge on any atom is 0.320 e. The minimum atomic E-state index is -0.352. The maximum absolute atomic E-state index is 12.4. The van der Waals surface area contributed by atoms with Gasteiger partial charge in [-0.2, -0.15) is 0 Å². The summed E-state index contributed by atoms with van der Waals surface area (Å²) in [7, 11) is 0. The average Bonchev–Trinajstić information content (AvgIpc) is 2.63. The van der Waals surface area contributed by atoms with Gasteiger partial charge >= 0.3 is 6.03 Å². The van der Waals surface area contributed by atoms with Crippen LogP contribution >= 0.6 is 11.6 Å². The minimum Gasteiger partial charge on any atom is -0.325 e. The van der Waals surface area contributed by atoms with Crippen molar-refractivity contribution in [3.63, 3.8) is 0 Å². The van der Waals surface area contributed by atoms with Gasteiger partial charge in [-0.15, -0.1) is 0 Å². The van der Waals surface area contributed by atoms with Crippen molar-refractivity contribution in [2.45, 2.75) is 6.04 Å². The largest absolute Gasteiger partial charge is 0.325 e. The van der Waals surface area contributed by atoms with E-state index in [0.717, 1.165) is 11.3 Å². The molecule has 3 rings (SSSR count). The van der Waals surface area contributed by atoms with Crippen molar-refractivity contribution in [3.05, 3.63) is 95.3 Å². The summed E-state index contributed by atoms with van der Waals surface area (Å²) in [6.45, 7) is 0. The average molecular weight is 338 g/mol. The van der Waals surface area contributed by atoms with Gasteiger partial charge in [0.1, 0.15) is 0 Å². The molecule has 0 saturated heterocycles. The number of carbonyl (C=O) groups is 1. The number of hydrogen-bond acceptors (Lipinski definition) is 2. The van der Waals surface area contributed by atoms with E-state index in [1.54, 1.807) is 18.3 Å². The van der Waals surface area contributed by atoms with E-state index >= 15 is 0 Å². The van der Waals surface area contributed by atoms with Crippen molar-refractivity contribution >= 4 is 23.3 Å². The Bertz CT molecular complexity index is 770. The van der Waals surface area contributed by atoms with Crippen LogP contribution < -0.4 is 10.6 Å². The topological polar surface area (TPSA) is 54.0 Å². The van der Waals surface area contributed by atoms with E-state index in [4.69, 9.17) is 11.6 Å². The molecule has 1 atom stereocenters. The fraction of sp³-hybridized carbons (Fsp3) is 0.0526. The summed E-state index contributed by atoms with van der Waals surface area (Å²) in [5.41, 5.74) is 2.27. The second-order valence-corrected chi connectivity index (χ2v) is 5.58. The van der Waals surface area contributed by atoms with Crippen LogP contribution in [-0.4, -0.2) is 11.0 Å².